The minimum Gasteiger partial charge on any atom is -0.415 e. The predicted molar refractivity (Wildman–Crippen MR) is 108 cm³/mol. The van der Waals surface area contributed by atoms with E-state index in [0.717, 1.165) is 5.56 Å². The van der Waals surface area contributed by atoms with Crippen molar-refractivity contribution >= 4 is 8.32 Å². The standard InChI is InChI=1S/C21H38O3Si/c1-17(2)25(18(3)4,19(5)6)24-16-21(7,14-22)15-23-13-20-11-9-8-10-12-20/h8-12,17-19,22H,13-16H2,1-7H3. The average Bonchev–Trinajstić information content (AvgIpc) is 2.55. The Morgan fingerprint density at radius 2 is 1.44 bits per heavy atom. The number of hydrogen-bond acceptors (Lipinski definition) is 3. The van der Waals surface area contributed by atoms with Crippen molar-refractivity contribution < 1.29 is 14.3 Å². The zero-order valence-corrected chi connectivity index (χ0v) is 18.2. The molecule has 144 valence electrons. The maximum atomic E-state index is 9.95. The summed E-state index contributed by atoms with van der Waals surface area (Å²) in [6, 6.07) is 10.1. The molecule has 1 atom stereocenters. The number of aliphatic hydroxyl groups is 1. The van der Waals surface area contributed by atoms with Gasteiger partial charge in [0.05, 0.1) is 19.8 Å². The highest BCUT2D eigenvalue weighted by Gasteiger charge is 2.46. The number of hydrogen-bond donors (Lipinski definition) is 1. The molecule has 1 unspecified atom stereocenters. The monoisotopic (exact) mass is 366 g/mol. The van der Waals surface area contributed by atoms with Gasteiger partial charge in [0, 0.05) is 12.0 Å². The summed E-state index contributed by atoms with van der Waals surface area (Å²) in [6.45, 7) is 17.5. The average molecular weight is 367 g/mol. The van der Waals surface area contributed by atoms with Crippen LogP contribution in [-0.2, 0) is 15.8 Å². The summed E-state index contributed by atoms with van der Waals surface area (Å²) in [5, 5.41) is 9.95. The van der Waals surface area contributed by atoms with Crippen molar-refractivity contribution in [2.24, 2.45) is 5.41 Å². The molecule has 0 bridgehead atoms. The largest absolute Gasteiger partial charge is 0.415 e. The first-order chi connectivity index (χ1) is 11.7. The van der Waals surface area contributed by atoms with Crippen molar-refractivity contribution in [1.29, 1.82) is 0 Å². The van der Waals surface area contributed by atoms with E-state index in [0.29, 0.717) is 36.4 Å². The zero-order chi connectivity index (χ0) is 19.1. The Kier molecular flexibility index (Phi) is 8.82. The van der Waals surface area contributed by atoms with Gasteiger partial charge in [0.25, 0.3) is 0 Å². The zero-order valence-electron chi connectivity index (χ0n) is 17.2. The molecule has 0 aliphatic rings. The fourth-order valence-corrected chi connectivity index (χ4v) is 9.52. The molecule has 1 aromatic rings. The van der Waals surface area contributed by atoms with Crippen LogP contribution in [0.25, 0.3) is 0 Å². The Morgan fingerprint density at radius 3 is 1.88 bits per heavy atom. The second kappa shape index (κ2) is 9.86. The SMILES string of the molecule is CC(C)[Si](OCC(C)(CO)COCc1ccccc1)(C(C)C)C(C)C. The van der Waals surface area contributed by atoms with Crippen LogP contribution < -0.4 is 0 Å². The summed E-state index contributed by atoms with van der Waals surface area (Å²) < 4.78 is 12.6. The third kappa shape index (κ3) is 5.92. The lowest BCUT2D eigenvalue weighted by molar-refractivity contribution is -0.0197. The van der Waals surface area contributed by atoms with Crippen molar-refractivity contribution in [1.82, 2.24) is 0 Å². The lowest BCUT2D eigenvalue weighted by Crippen LogP contribution is -2.50. The van der Waals surface area contributed by atoms with Crippen LogP contribution in [0.1, 0.15) is 54.0 Å². The third-order valence-corrected chi connectivity index (χ3v) is 11.4. The van der Waals surface area contributed by atoms with Crippen LogP contribution in [0.15, 0.2) is 30.3 Å². The van der Waals surface area contributed by atoms with Crippen LogP contribution in [-0.4, -0.2) is 33.2 Å². The molecule has 1 rings (SSSR count). The molecule has 0 heterocycles. The minimum atomic E-state index is -1.92. The number of benzene rings is 1. The Labute approximate surface area is 155 Å². The van der Waals surface area contributed by atoms with Gasteiger partial charge in [0.15, 0.2) is 8.32 Å². The predicted octanol–water partition coefficient (Wildman–Crippen LogP) is 5.39. The molecule has 0 fully saturated rings. The number of rotatable bonds is 11. The van der Waals surface area contributed by atoms with Crippen molar-refractivity contribution in [3.05, 3.63) is 35.9 Å². The van der Waals surface area contributed by atoms with Gasteiger partial charge in [0.1, 0.15) is 0 Å². The van der Waals surface area contributed by atoms with E-state index in [1.807, 2.05) is 18.2 Å². The summed E-state index contributed by atoms with van der Waals surface area (Å²) in [7, 11) is -1.92. The Hall–Kier alpha value is -0.683. The lowest BCUT2D eigenvalue weighted by Gasteiger charge is -2.44. The lowest BCUT2D eigenvalue weighted by atomic mass is 9.94. The summed E-state index contributed by atoms with van der Waals surface area (Å²) in [5.74, 6) is 0. The normalized spacial score (nSPS) is 15.2. The molecule has 0 aromatic heterocycles. The molecule has 1 aromatic carbocycles. The van der Waals surface area contributed by atoms with Crippen molar-refractivity contribution in [2.75, 3.05) is 19.8 Å². The van der Waals surface area contributed by atoms with E-state index in [1.165, 1.54) is 0 Å². The Bertz CT molecular complexity index is 465. The van der Waals surface area contributed by atoms with Crippen LogP contribution in [0.3, 0.4) is 0 Å². The van der Waals surface area contributed by atoms with Gasteiger partial charge in [-0.3, -0.25) is 0 Å². The molecule has 0 spiro atoms. The van der Waals surface area contributed by atoms with Gasteiger partial charge in [-0.2, -0.15) is 0 Å². The molecule has 0 amide bonds. The highest BCUT2D eigenvalue weighted by Crippen LogP contribution is 2.43. The van der Waals surface area contributed by atoms with E-state index in [-0.39, 0.29) is 12.0 Å². The molecule has 0 saturated heterocycles. The number of ether oxygens (including phenoxy) is 1. The van der Waals surface area contributed by atoms with E-state index >= 15 is 0 Å². The number of aliphatic hydroxyl groups excluding tert-OH is 1. The van der Waals surface area contributed by atoms with E-state index in [1.54, 1.807) is 0 Å². The third-order valence-electron chi connectivity index (χ3n) is 5.32. The molecule has 4 heteroatoms. The second-order valence-corrected chi connectivity index (χ2v) is 14.0. The molecule has 1 N–H and O–H groups in total. The highest BCUT2D eigenvalue weighted by atomic mass is 28.4. The molecule has 0 saturated carbocycles. The molecule has 0 radical (unpaired) electrons. The van der Waals surface area contributed by atoms with Crippen LogP contribution in [0.4, 0.5) is 0 Å². The summed E-state index contributed by atoms with van der Waals surface area (Å²) in [4.78, 5) is 0. The van der Waals surface area contributed by atoms with E-state index in [9.17, 15) is 5.11 Å². The van der Waals surface area contributed by atoms with Gasteiger partial charge in [-0.15, -0.1) is 0 Å². The first-order valence-electron chi connectivity index (χ1n) is 9.54. The summed E-state index contributed by atoms with van der Waals surface area (Å²) in [6.07, 6.45) is 0. The first-order valence-corrected chi connectivity index (χ1v) is 11.7. The Morgan fingerprint density at radius 1 is 0.920 bits per heavy atom. The van der Waals surface area contributed by atoms with Gasteiger partial charge < -0.3 is 14.3 Å². The van der Waals surface area contributed by atoms with E-state index < -0.39 is 8.32 Å². The van der Waals surface area contributed by atoms with Crippen LogP contribution in [0.2, 0.25) is 16.6 Å². The van der Waals surface area contributed by atoms with Gasteiger partial charge in [-0.25, -0.2) is 0 Å². The fourth-order valence-electron chi connectivity index (χ4n) is 3.92. The summed E-state index contributed by atoms with van der Waals surface area (Å²) >= 11 is 0. The van der Waals surface area contributed by atoms with Gasteiger partial charge in [0.2, 0.25) is 0 Å². The van der Waals surface area contributed by atoms with Crippen LogP contribution in [0.5, 0.6) is 0 Å². The molecule has 3 nitrogen and oxygen atoms in total. The smallest absolute Gasteiger partial charge is 0.200 e. The molecule has 0 aliphatic heterocycles. The topological polar surface area (TPSA) is 38.7 Å². The minimum absolute atomic E-state index is 0.0700. The van der Waals surface area contributed by atoms with Gasteiger partial charge in [-0.05, 0) is 22.2 Å². The Balaban J connectivity index is 2.71. The summed E-state index contributed by atoms with van der Waals surface area (Å²) in [5.41, 5.74) is 2.41. The van der Waals surface area contributed by atoms with Gasteiger partial charge >= 0.3 is 0 Å². The quantitative estimate of drug-likeness (QED) is 0.533. The van der Waals surface area contributed by atoms with E-state index in [4.69, 9.17) is 9.16 Å². The molecular weight excluding hydrogens is 328 g/mol. The maximum Gasteiger partial charge on any atom is 0.200 e. The van der Waals surface area contributed by atoms with Crippen molar-refractivity contribution in [2.45, 2.75) is 71.7 Å². The van der Waals surface area contributed by atoms with E-state index in [2.05, 4.69) is 60.6 Å². The first kappa shape index (κ1) is 22.4. The fraction of sp³-hybridized carbons (Fsp3) is 0.714. The second-order valence-electron chi connectivity index (χ2n) is 8.55. The molecule has 0 aliphatic carbocycles. The van der Waals surface area contributed by atoms with Crippen LogP contribution in [0, 0.1) is 5.41 Å². The van der Waals surface area contributed by atoms with Crippen molar-refractivity contribution in [3.63, 3.8) is 0 Å². The molecule has 25 heavy (non-hydrogen) atoms. The highest BCUT2D eigenvalue weighted by molar-refractivity contribution is 6.77. The van der Waals surface area contributed by atoms with Gasteiger partial charge in [-0.1, -0.05) is 78.8 Å². The van der Waals surface area contributed by atoms with Crippen LogP contribution >= 0.6 is 0 Å². The molecular formula is C21H38O3Si. The maximum absolute atomic E-state index is 9.95. The van der Waals surface area contributed by atoms with Crippen molar-refractivity contribution in [3.8, 4) is 0 Å².